The molecule has 3 heteroatoms. The highest BCUT2D eigenvalue weighted by molar-refractivity contribution is 9.10. The minimum Gasteiger partial charge on any atom is -0.326 e. The Kier molecular flexibility index (Phi) is 4.20. The van der Waals surface area contributed by atoms with Crippen LogP contribution < -0.4 is 5.73 Å². The molecule has 0 saturated carbocycles. The van der Waals surface area contributed by atoms with E-state index in [4.69, 9.17) is 5.73 Å². The maximum absolute atomic E-state index is 5.95. The Morgan fingerprint density at radius 1 is 1.10 bits per heavy atom. The molecule has 2 N–H and O–H groups in total. The quantitative estimate of drug-likeness (QED) is 0.930. The molecular weight excluding hydrogens is 312 g/mol. The van der Waals surface area contributed by atoms with Crippen molar-refractivity contribution in [2.24, 2.45) is 5.73 Å². The Morgan fingerprint density at radius 2 is 1.85 bits per heavy atom. The molecule has 104 valence electrons. The smallest absolute Gasteiger partial charge is 0.0253 e. The van der Waals surface area contributed by atoms with Crippen molar-refractivity contribution in [2.75, 3.05) is 13.1 Å². The van der Waals surface area contributed by atoms with Crippen LogP contribution in [0.5, 0.6) is 0 Å². The molecule has 1 heterocycles. The Hall–Kier alpha value is -1.16. The van der Waals surface area contributed by atoms with Gasteiger partial charge in [0.15, 0.2) is 0 Å². The second-order valence-electron chi connectivity index (χ2n) is 5.46. The molecule has 0 aliphatic carbocycles. The van der Waals surface area contributed by atoms with Crippen LogP contribution in [0.15, 0.2) is 53.0 Å². The van der Waals surface area contributed by atoms with Crippen molar-refractivity contribution < 1.29 is 0 Å². The zero-order valence-electron chi connectivity index (χ0n) is 11.4. The fraction of sp³-hybridized carbons (Fsp3) is 0.294. The Bertz CT molecular complexity index is 580. The van der Waals surface area contributed by atoms with Crippen molar-refractivity contribution in [1.29, 1.82) is 0 Å². The van der Waals surface area contributed by atoms with E-state index < -0.39 is 0 Å². The minimum absolute atomic E-state index is 0.356. The Labute approximate surface area is 128 Å². The van der Waals surface area contributed by atoms with Crippen LogP contribution in [0.25, 0.3) is 11.1 Å². The topological polar surface area (TPSA) is 29.3 Å². The van der Waals surface area contributed by atoms with Crippen molar-refractivity contribution in [3.8, 4) is 11.1 Å². The number of hydrogen-bond donors (Lipinski definition) is 1. The summed E-state index contributed by atoms with van der Waals surface area (Å²) in [7, 11) is 0. The van der Waals surface area contributed by atoms with E-state index in [1.54, 1.807) is 0 Å². The van der Waals surface area contributed by atoms with E-state index in [-0.39, 0.29) is 0 Å². The largest absolute Gasteiger partial charge is 0.326 e. The fourth-order valence-corrected chi connectivity index (χ4v) is 3.26. The van der Waals surface area contributed by atoms with Gasteiger partial charge in [0.25, 0.3) is 0 Å². The SMILES string of the molecule is N[C@@H]1CCN(Cc2ccc(-c3ccccc3Br)cc2)C1. The molecule has 3 rings (SSSR count). The van der Waals surface area contributed by atoms with Gasteiger partial charge in [0.1, 0.15) is 0 Å². The number of hydrogen-bond acceptors (Lipinski definition) is 2. The fourth-order valence-electron chi connectivity index (χ4n) is 2.75. The summed E-state index contributed by atoms with van der Waals surface area (Å²) in [5.41, 5.74) is 9.79. The summed E-state index contributed by atoms with van der Waals surface area (Å²) in [4.78, 5) is 2.43. The highest BCUT2D eigenvalue weighted by Crippen LogP contribution is 2.28. The predicted molar refractivity (Wildman–Crippen MR) is 87.4 cm³/mol. The van der Waals surface area contributed by atoms with Crippen LogP contribution >= 0.6 is 15.9 Å². The summed E-state index contributed by atoms with van der Waals surface area (Å²) >= 11 is 3.61. The summed E-state index contributed by atoms with van der Waals surface area (Å²) in [6, 6.07) is 17.5. The Morgan fingerprint density at radius 3 is 2.50 bits per heavy atom. The molecule has 1 aliphatic rings. The molecule has 2 nitrogen and oxygen atoms in total. The lowest BCUT2D eigenvalue weighted by Gasteiger charge is -2.15. The summed E-state index contributed by atoms with van der Waals surface area (Å²) < 4.78 is 1.14. The van der Waals surface area contributed by atoms with Crippen LogP contribution in [-0.2, 0) is 6.54 Å². The normalized spacial score (nSPS) is 19.4. The molecule has 20 heavy (non-hydrogen) atoms. The van der Waals surface area contributed by atoms with E-state index in [9.17, 15) is 0 Å². The zero-order valence-corrected chi connectivity index (χ0v) is 13.0. The monoisotopic (exact) mass is 330 g/mol. The average molecular weight is 331 g/mol. The van der Waals surface area contributed by atoms with Gasteiger partial charge < -0.3 is 5.73 Å². The van der Waals surface area contributed by atoms with Gasteiger partial charge in [0.2, 0.25) is 0 Å². The van der Waals surface area contributed by atoms with Crippen LogP contribution in [0.1, 0.15) is 12.0 Å². The van der Waals surface area contributed by atoms with Crippen molar-refractivity contribution >= 4 is 15.9 Å². The van der Waals surface area contributed by atoms with Crippen molar-refractivity contribution in [1.82, 2.24) is 4.90 Å². The van der Waals surface area contributed by atoms with Crippen LogP contribution in [0.3, 0.4) is 0 Å². The number of benzene rings is 2. The van der Waals surface area contributed by atoms with Crippen molar-refractivity contribution in [3.63, 3.8) is 0 Å². The van der Waals surface area contributed by atoms with Gasteiger partial charge in [-0.15, -0.1) is 0 Å². The van der Waals surface area contributed by atoms with Gasteiger partial charge in [-0.05, 0) is 29.2 Å². The summed E-state index contributed by atoms with van der Waals surface area (Å²) in [5.74, 6) is 0. The van der Waals surface area contributed by atoms with Crippen molar-refractivity contribution in [2.45, 2.75) is 19.0 Å². The van der Waals surface area contributed by atoms with Gasteiger partial charge in [0, 0.05) is 30.1 Å². The second kappa shape index (κ2) is 6.08. The molecule has 1 aliphatic heterocycles. The first-order valence-electron chi connectivity index (χ1n) is 7.04. The third-order valence-corrected chi connectivity index (χ3v) is 4.55. The second-order valence-corrected chi connectivity index (χ2v) is 6.31. The maximum Gasteiger partial charge on any atom is 0.0253 e. The maximum atomic E-state index is 5.95. The molecule has 1 fully saturated rings. The highest BCUT2D eigenvalue weighted by atomic mass is 79.9. The number of nitrogens with zero attached hydrogens (tertiary/aromatic N) is 1. The lowest BCUT2D eigenvalue weighted by Crippen LogP contribution is -2.26. The highest BCUT2D eigenvalue weighted by Gasteiger charge is 2.18. The van der Waals surface area contributed by atoms with E-state index in [0.29, 0.717) is 6.04 Å². The zero-order chi connectivity index (χ0) is 13.9. The summed E-state index contributed by atoms with van der Waals surface area (Å²) in [6.07, 6.45) is 1.12. The number of rotatable bonds is 3. The first kappa shape index (κ1) is 13.8. The van der Waals surface area contributed by atoms with Gasteiger partial charge in [-0.3, -0.25) is 4.90 Å². The van der Waals surface area contributed by atoms with E-state index in [0.717, 1.165) is 30.5 Å². The molecule has 0 aromatic heterocycles. The first-order chi connectivity index (χ1) is 9.72. The van der Waals surface area contributed by atoms with Gasteiger partial charge >= 0.3 is 0 Å². The number of nitrogens with two attached hydrogens (primary N) is 1. The van der Waals surface area contributed by atoms with Crippen LogP contribution in [0, 0.1) is 0 Å². The standard InChI is InChI=1S/C17H19BrN2/c18-17-4-2-1-3-16(17)14-7-5-13(6-8-14)11-20-10-9-15(19)12-20/h1-8,15H,9-12,19H2/t15-/m1/s1. The van der Waals surface area contributed by atoms with Crippen LogP contribution in [0.4, 0.5) is 0 Å². The third-order valence-electron chi connectivity index (χ3n) is 3.85. The van der Waals surface area contributed by atoms with Gasteiger partial charge in [-0.25, -0.2) is 0 Å². The van der Waals surface area contributed by atoms with Crippen LogP contribution in [0.2, 0.25) is 0 Å². The third kappa shape index (κ3) is 3.11. The van der Waals surface area contributed by atoms with Gasteiger partial charge in [-0.1, -0.05) is 58.4 Å². The molecule has 1 atom stereocenters. The molecule has 2 aromatic carbocycles. The summed E-state index contributed by atoms with van der Waals surface area (Å²) in [6.45, 7) is 3.14. The Balaban J connectivity index is 1.73. The minimum atomic E-state index is 0.356. The molecule has 0 unspecified atom stereocenters. The van der Waals surface area contributed by atoms with E-state index in [2.05, 4.69) is 63.3 Å². The van der Waals surface area contributed by atoms with Gasteiger partial charge in [-0.2, -0.15) is 0 Å². The molecular formula is C17H19BrN2. The van der Waals surface area contributed by atoms with E-state index >= 15 is 0 Å². The lowest BCUT2D eigenvalue weighted by molar-refractivity contribution is 0.327. The van der Waals surface area contributed by atoms with Gasteiger partial charge in [0.05, 0.1) is 0 Å². The number of halogens is 1. The molecule has 0 amide bonds. The lowest BCUT2D eigenvalue weighted by atomic mass is 10.0. The van der Waals surface area contributed by atoms with Crippen LogP contribution in [-0.4, -0.2) is 24.0 Å². The molecule has 0 spiro atoms. The molecule has 0 bridgehead atoms. The summed E-state index contributed by atoms with van der Waals surface area (Å²) in [5, 5.41) is 0. The number of likely N-dealkylation sites (tertiary alicyclic amines) is 1. The molecule has 1 saturated heterocycles. The predicted octanol–water partition coefficient (Wildman–Crippen LogP) is 3.65. The van der Waals surface area contributed by atoms with E-state index in [1.165, 1.54) is 16.7 Å². The van der Waals surface area contributed by atoms with E-state index in [1.807, 2.05) is 6.07 Å². The molecule has 2 aromatic rings. The molecule has 0 radical (unpaired) electrons. The first-order valence-corrected chi connectivity index (χ1v) is 7.83. The average Bonchev–Trinajstić information content (AvgIpc) is 2.86. The van der Waals surface area contributed by atoms with Crippen molar-refractivity contribution in [3.05, 3.63) is 58.6 Å².